The SMILES string of the molecule is Cc1cc(C(C)(C)CO)c(C(F)(F)F)cc1OCc1ccccc1. The molecule has 0 heterocycles. The maximum atomic E-state index is 13.5. The van der Waals surface area contributed by atoms with Gasteiger partial charge >= 0.3 is 6.18 Å². The maximum absolute atomic E-state index is 13.5. The molecule has 0 aliphatic heterocycles. The lowest BCUT2D eigenvalue weighted by Gasteiger charge is -2.27. The van der Waals surface area contributed by atoms with Crippen LogP contribution in [-0.4, -0.2) is 11.7 Å². The first-order chi connectivity index (χ1) is 11.1. The molecule has 5 heteroatoms. The topological polar surface area (TPSA) is 29.5 Å². The van der Waals surface area contributed by atoms with Crippen LogP contribution < -0.4 is 4.74 Å². The van der Waals surface area contributed by atoms with Crippen LogP contribution in [0.15, 0.2) is 42.5 Å². The first-order valence-electron chi connectivity index (χ1n) is 7.65. The van der Waals surface area contributed by atoms with Crippen LogP contribution >= 0.6 is 0 Å². The normalized spacial score (nSPS) is 12.3. The average Bonchev–Trinajstić information content (AvgIpc) is 2.53. The van der Waals surface area contributed by atoms with Gasteiger partial charge in [0.2, 0.25) is 0 Å². The summed E-state index contributed by atoms with van der Waals surface area (Å²) in [5, 5.41) is 9.45. The highest BCUT2D eigenvalue weighted by atomic mass is 19.4. The summed E-state index contributed by atoms with van der Waals surface area (Å²) >= 11 is 0. The van der Waals surface area contributed by atoms with E-state index in [-0.39, 0.29) is 24.5 Å². The minimum absolute atomic E-state index is 0.0714. The highest BCUT2D eigenvalue weighted by Crippen LogP contribution is 2.40. The van der Waals surface area contributed by atoms with Gasteiger partial charge in [0, 0.05) is 5.41 Å². The van der Waals surface area contributed by atoms with Crippen LogP contribution in [0.2, 0.25) is 0 Å². The molecule has 0 atom stereocenters. The van der Waals surface area contributed by atoms with Gasteiger partial charge < -0.3 is 9.84 Å². The number of alkyl halides is 3. The Kier molecular flexibility index (Phi) is 5.23. The predicted octanol–water partition coefficient (Wildman–Crippen LogP) is 4.86. The van der Waals surface area contributed by atoms with E-state index in [0.717, 1.165) is 11.6 Å². The molecule has 0 bridgehead atoms. The number of rotatable bonds is 5. The minimum Gasteiger partial charge on any atom is -0.489 e. The molecule has 0 aliphatic rings. The first kappa shape index (κ1) is 18.3. The number of aryl methyl sites for hydroxylation is 1. The van der Waals surface area contributed by atoms with E-state index in [4.69, 9.17) is 4.74 Å². The predicted molar refractivity (Wildman–Crippen MR) is 87.1 cm³/mol. The second-order valence-corrected chi connectivity index (χ2v) is 6.48. The quantitative estimate of drug-likeness (QED) is 0.843. The van der Waals surface area contributed by atoms with Gasteiger partial charge in [0.1, 0.15) is 12.4 Å². The molecule has 2 aromatic carbocycles. The maximum Gasteiger partial charge on any atom is 0.416 e. The number of halogens is 3. The molecule has 0 radical (unpaired) electrons. The Labute approximate surface area is 139 Å². The zero-order chi connectivity index (χ0) is 18.0. The van der Waals surface area contributed by atoms with Crippen molar-refractivity contribution in [2.75, 3.05) is 6.61 Å². The molecule has 2 nitrogen and oxygen atoms in total. The molecular formula is C19H21F3O2. The molecule has 0 aliphatic carbocycles. The fraction of sp³-hybridized carbons (Fsp3) is 0.368. The molecule has 0 amide bonds. The van der Waals surface area contributed by atoms with Crippen LogP contribution in [0.1, 0.15) is 36.1 Å². The molecular weight excluding hydrogens is 317 g/mol. The number of hydrogen-bond donors (Lipinski definition) is 1. The van der Waals surface area contributed by atoms with Crippen molar-refractivity contribution < 1.29 is 23.0 Å². The van der Waals surface area contributed by atoms with E-state index in [1.165, 1.54) is 6.07 Å². The van der Waals surface area contributed by atoms with Gasteiger partial charge in [0.25, 0.3) is 0 Å². The summed E-state index contributed by atoms with van der Waals surface area (Å²) in [5.41, 5.74) is -0.203. The largest absolute Gasteiger partial charge is 0.489 e. The van der Waals surface area contributed by atoms with Gasteiger partial charge in [-0.2, -0.15) is 13.2 Å². The molecule has 130 valence electrons. The van der Waals surface area contributed by atoms with Crippen LogP contribution in [0.3, 0.4) is 0 Å². The van der Waals surface area contributed by atoms with Gasteiger partial charge in [-0.25, -0.2) is 0 Å². The molecule has 24 heavy (non-hydrogen) atoms. The fourth-order valence-corrected chi connectivity index (χ4v) is 2.46. The summed E-state index contributed by atoms with van der Waals surface area (Å²) in [7, 11) is 0. The van der Waals surface area contributed by atoms with Crippen molar-refractivity contribution >= 4 is 0 Å². The molecule has 0 saturated carbocycles. The Morgan fingerprint density at radius 3 is 2.17 bits per heavy atom. The van der Waals surface area contributed by atoms with Crippen LogP contribution in [0.5, 0.6) is 5.75 Å². The standard InChI is InChI=1S/C19H21F3O2/c1-13-9-15(18(2,3)12-23)16(19(20,21)22)10-17(13)24-11-14-7-5-4-6-8-14/h4-10,23H,11-12H2,1-3H3. The molecule has 2 aromatic rings. The second kappa shape index (κ2) is 6.85. The molecule has 2 rings (SSSR count). The lowest BCUT2D eigenvalue weighted by molar-refractivity contribution is -0.139. The summed E-state index contributed by atoms with van der Waals surface area (Å²) in [6, 6.07) is 11.7. The van der Waals surface area contributed by atoms with Crippen molar-refractivity contribution in [1.29, 1.82) is 0 Å². The van der Waals surface area contributed by atoms with Gasteiger partial charge in [-0.05, 0) is 29.7 Å². The molecule has 1 N–H and O–H groups in total. The zero-order valence-electron chi connectivity index (χ0n) is 13.9. The van der Waals surface area contributed by atoms with E-state index in [2.05, 4.69) is 0 Å². The third-order valence-electron chi connectivity index (χ3n) is 3.98. The van der Waals surface area contributed by atoms with Crippen LogP contribution in [-0.2, 0) is 18.2 Å². The van der Waals surface area contributed by atoms with Crippen molar-refractivity contribution in [1.82, 2.24) is 0 Å². The van der Waals surface area contributed by atoms with Crippen LogP contribution in [0.25, 0.3) is 0 Å². The van der Waals surface area contributed by atoms with Crippen molar-refractivity contribution in [3.8, 4) is 5.75 Å². The van der Waals surface area contributed by atoms with E-state index < -0.39 is 17.2 Å². The summed E-state index contributed by atoms with van der Waals surface area (Å²) in [6.07, 6.45) is -4.51. The third-order valence-corrected chi connectivity index (χ3v) is 3.98. The van der Waals surface area contributed by atoms with Crippen molar-refractivity contribution in [2.45, 2.75) is 39.0 Å². The monoisotopic (exact) mass is 338 g/mol. The Bertz CT molecular complexity index is 692. The van der Waals surface area contributed by atoms with E-state index in [9.17, 15) is 18.3 Å². The first-order valence-corrected chi connectivity index (χ1v) is 7.65. The Morgan fingerprint density at radius 1 is 1.00 bits per heavy atom. The molecule has 0 fully saturated rings. The Balaban J connectivity index is 2.40. The van der Waals surface area contributed by atoms with Crippen LogP contribution in [0.4, 0.5) is 13.2 Å². The lowest BCUT2D eigenvalue weighted by Crippen LogP contribution is -2.26. The number of hydrogen-bond acceptors (Lipinski definition) is 2. The molecule has 0 unspecified atom stereocenters. The second-order valence-electron chi connectivity index (χ2n) is 6.48. The Hall–Kier alpha value is -2.01. The van der Waals surface area contributed by atoms with Crippen molar-refractivity contribution in [2.24, 2.45) is 0 Å². The summed E-state index contributed by atoms with van der Waals surface area (Å²) < 4.78 is 46.0. The van der Waals surface area contributed by atoms with Gasteiger partial charge in [-0.15, -0.1) is 0 Å². The van der Waals surface area contributed by atoms with E-state index in [0.29, 0.717) is 5.56 Å². The summed E-state index contributed by atoms with van der Waals surface area (Å²) in [6.45, 7) is 4.70. The third kappa shape index (κ3) is 4.09. The highest BCUT2D eigenvalue weighted by molar-refractivity contribution is 5.46. The number of aliphatic hydroxyl groups excluding tert-OH is 1. The zero-order valence-corrected chi connectivity index (χ0v) is 13.9. The summed E-state index contributed by atoms with van der Waals surface area (Å²) in [5.74, 6) is 0.198. The number of benzene rings is 2. The highest BCUT2D eigenvalue weighted by Gasteiger charge is 2.38. The summed E-state index contributed by atoms with van der Waals surface area (Å²) in [4.78, 5) is 0. The fourth-order valence-electron chi connectivity index (χ4n) is 2.46. The van der Waals surface area contributed by atoms with Gasteiger partial charge in [-0.1, -0.05) is 50.2 Å². The van der Waals surface area contributed by atoms with Gasteiger partial charge in [-0.3, -0.25) is 0 Å². The van der Waals surface area contributed by atoms with Crippen molar-refractivity contribution in [3.05, 3.63) is 64.7 Å². The average molecular weight is 338 g/mol. The number of aliphatic hydroxyl groups is 1. The lowest BCUT2D eigenvalue weighted by atomic mass is 9.81. The van der Waals surface area contributed by atoms with Crippen LogP contribution in [0, 0.1) is 6.92 Å². The van der Waals surface area contributed by atoms with Crippen molar-refractivity contribution in [3.63, 3.8) is 0 Å². The molecule has 0 spiro atoms. The number of ether oxygens (including phenoxy) is 1. The van der Waals surface area contributed by atoms with E-state index in [1.54, 1.807) is 20.8 Å². The Morgan fingerprint density at radius 2 is 1.62 bits per heavy atom. The van der Waals surface area contributed by atoms with E-state index >= 15 is 0 Å². The minimum atomic E-state index is -4.51. The molecule has 0 saturated heterocycles. The van der Waals surface area contributed by atoms with Gasteiger partial charge in [0.05, 0.1) is 12.2 Å². The molecule has 0 aromatic heterocycles. The van der Waals surface area contributed by atoms with Gasteiger partial charge in [0.15, 0.2) is 0 Å². The van der Waals surface area contributed by atoms with E-state index in [1.807, 2.05) is 30.3 Å². The smallest absolute Gasteiger partial charge is 0.416 e.